The number of hydrogen-bond acceptors (Lipinski definition) is 7. The zero-order valence-electron chi connectivity index (χ0n) is 16.0. The molecule has 0 radical (unpaired) electrons. The first-order chi connectivity index (χ1) is 12.8. The van der Waals surface area contributed by atoms with Crippen molar-refractivity contribution in [2.75, 3.05) is 29.5 Å². The Bertz CT molecular complexity index is 965. The van der Waals surface area contributed by atoms with E-state index in [1.54, 1.807) is 13.0 Å². The number of aromatic nitrogens is 4. The first-order valence-electron chi connectivity index (χ1n) is 8.97. The highest BCUT2D eigenvalue weighted by Crippen LogP contribution is 2.34. The Morgan fingerprint density at radius 2 is 1.67 bits per heavy atom. The van der Waals surface area contributed by atoms with E-state index in [1.807, 2.05) is 13.0 Å². The fourth-order valence-electron chi connectivity index (χ4n) is 3.22. The number of aryl methyl sites for hydroxylation is 1. The molecule has 0 amide bonds. The molecule has 27 heavy (non-hydrogen) atoms. The van der Waals surface area contributed by atoms with E-state index in [0.29, 0.717) is 16.9 Å². The predicted octanol–water partition coefficient (Wildman–Crippen LogP) is 3.03. The number of rotatable bonds is 5. The second-order valence-electron chi connectivity index (χ2n) is 6.45. The van der Waals surface area contributed by atoms with Gasteiger partial charge in [0.2, 0.25) is 11.9 Å². The molecule has 0 aliphatic carbocycles. The van der Waals surface area contributed by atoms with E-state index in [9.17, 15) is 4.39 Å². The van der Waals surface area contributed by atoms with E-state index in [1.165, 1.54) is 6.07 Å². The summed E-state index contributed by atoms with van der Waals surface area (Å²) in [4.78, 5) is 19.3. The number of benzene rings is 1. The van der Waals surface area contributed by atoms with Crippen LogP contribution in [0.1, 0.15) is 43.6 Å². The lowest BCUT2D eigenvalue weighted by Crippen LogP contribution is -2.25. The first-order valence-corrected chi connectivity index (χ1v) is 8.97. The highest BCUT2D eigenvalue weighted by Gasteiger charge is 2.22. The molecule has 8 heteroatoms. The topological polar surface area (TPSA) is 107 Å². The minimum Gasteiger partial charge on any atom is -0.368 e. The molecule has 2 aromatic heterocycles. The number of pyridine rings is 1. The lowest BCUT2D eigenvalue weighted by molar-refractivity contribution is 0.620. The second-order valence-corrected chi connectivity index (χ2v) is 6.45. The van der Waals surface area contributed by atoms with Gasteiger partial charge in [-0.2, -0.15) is 15.0 Å². The smallest absolute Gasteiger partial charge is 0.225 e. The fraction of sp³-hybridized carbons (Fsp3) is 0.368. The van der Waals surface area contributed by atoms with Gasteiger partial charge in [0, 0.05) is 35.5 Å². The van der Waals surface area contributed by atoms with Crippen LogP contribution in [0.15, 0.2) is 18.2 Å². The van der Waals surface area contributed by atoms with Crippen molar-refractivity contribution >= 4 is 28.6 Å². The number of nitrogen functional groups attached to an aromatic ring is 2. The molecule has 2 heterocycles. The molecule has 3 aromatic rings. The highest BCUT2D eigenvalue weighted by molar-refractivity contribution is 5.85. The van der Waals surface area contributed by atoms with E-state index in [2.05, 4.69) is 33.7 Å². The van der Waals surface area contributed by atoms with Gasteiger partial charge in [0.1, 0.15) is 17.5 Å². The van der Waals surface area contributed by atoms with Gasteiger partial charge in [-0.1, -0.05) is 6.92 Å². The summed E-state index contributed by atoms with van der Waals surface area (Å²) in [5, 5.41) is 0.863. The molecule has 1 aromatic carbocycles. The molecule has 3 rings (SSSR count). The maximum atomic E-state index is 14.0. The summed E-state index contributed by atoms with van der Waals surface area (Å²) in [7, 11) is 0. The first kappa shape index (κ1) is 18.8. The second kappa shape index (κ2) is 7.30. The molecule has 0 aliphatic heterocycles. The van der Waals surface area contributed by atoms with E-state index >= 15 is 0 Å². The molecule has 0 aliphatic rings. The lowest BCUT2D eigenvalue weighted by atomic mass is 9.97. The lowest BCUT2D eigenvalue weighted by Gasteiger charge is -2.26. The summed E-state index contributed by atoms with van der Waals surface area (Å²) < 4.78 is 14.0. The van der Waals surface area contributed by atoms with Crippen LogP contribution in [-0.4, -0.2) is 33.0 Å². The van der Waals surface area contributed by atoms with Crippen molar-refractivity contribution in [1.29, 1.82) is 0 Å². The van der Waals surface area contributed by atoms with Crippen LogP contribution in [-0.2, 0) is 0 Å². The monoisotopic (exact) mass is 369 g/mol. The van der Waals surface area contributed by atoms with Crippen molar-refractivity contribution in [3.8, 4) is 0 Å². The van der Waals surface area contributed by atoms with Crippen LogP contribution in [0, 0.1) is 12.7 Å². The Hall–Kier alpha value is -3.03. The summed E-state index contributed by atoms with van der Waals surface area (Å²) >= 11 is 0. The highest BCUT2D eigenvalue weighted by atomic mass is 19.1. The Kier molecular flexibility index (Phi) is 5.07. The molecule has 1 atom stereocenters. The average molecular weight is 369 g/mol. The number of hydrogen-bond donors (Lipinski definition) is 2. The normalized spacial score (nSPS) is 12.3. The third kappa shape index (κ3) is 3.47. The Morgan fingerprint density at radius 3 is 2.26 bits per heavy atom. The Morgan fingerprint density at radius 1 is 1.04 bits per heavy atom. The molecule has 0 fully saturated rings. The summed E-state index contributed by atoms with van der Waals surface area (Å²) in [5.74, 6) is 0.954. The van der Waals surface area contributed by atoms with E-state index in [0.717, 1.165) is 29.9 Å². The third-order valence-electron chi connectivity index (χ3n) is 4.79. The summed E-state index contributed by atoms with van der Waals surface area (Å²) in [6.45, 7) is 9.37. The van der Waals surface area contributed by atoms with Crippen LogP contribution in [0.2, 0.25) is 0 Å². The third-order valence-corrected chi connectivity index (χ3v) is 4.79. The average Bonchev–Trinajstić information content (AvgIpc) is 2.64. The molecule has 0 saturated heterocycles. The van der Waals surface area contributed by atoms with Gasteiger partial charge in [0.15, 0.2) is 0 Å². The molecular weight excluding hydrogens is 345 g/mol. The van der Waals surface area contributed by atoms with Crippen LogP contribution in [0.3, 0.4) is 0 Å². The summed E-state index contributed by atoms with van der Waals surface area (Å²) in [5.41, 5.74) is 13.6. The van der Waals surface area contributed by atoms with Gasteiger partial charge in [-0.3, -0.25) is 0 Å². The molecular formula is C19H24FN7. The molecule has 0 saturated carbocycles. The van der Waals surface area contributed by atoms with Crippen molar-refractivity contribution in [1.82, 2.24) is 19.9 Å². The number of fused-ring (bicyclic) bond motifs is 1. The standard InChI is InChI=1S/C19H24FN7/c1-5-27(6-2)17-13(10(3)16-24-18(21)26-19(22)25-16)9-12-7-8-14(20)11(4)15(12)23-17/h7-10H,5-6H2,1-4H3,(H4,21,22,24,25,26). The molecule has 7 nitrogen and oxygen atoms in total. The van der Waals surface area contributed by atoms with Gasteiger partial charge >= 0.3 is 0 Å². The van der Waals surface area contributed by atoms with E-state index in [4.69, 9.17) is 16.5 Å². The maximum absolute atomic E-state index is 14.0. The largest absolute Gasteiger partial charge is 0.368 e. The van der Waals surface area contributed by atoms with Crippen molar-refractivity contribution in [3.63, 3.8) is 0 Å². The van der Waals surface area contributed by atoms with Gasteiger partial charge in [-0.15, -0.1) is 0 Å². The molecule has 4 N–H and O–H groups in total. The van der Waals surface area contributed by atoms with Crippen LogP contribution in [0.5, 0.6) is 0 Å². The number of halogens is 1. The van der Waals surface area contributed by atoms with Gasteiger partial charge in [0.05, 0.1) is 5.52 Å². The number of nitrogens with two attached hydrogens (primary N) is 2. The zero-order valence-corrected chi connectivity index (χ0v) is 16.0. The van der Waals surface area contributed by atoms with Crippen molar-refractivity contribution in [2.45, 2.75) is 33.6 Å². The molecule has 142 valence electrons. The SMILES string of the molecule is CCN(CC)c1nc2c(C)c(F)ccc2cc1C(C)c1nc(N)nc(N)n1. The van der Waals surface area contributed by atoms with Crippen LogP contribution in [0.25, 0.3) is 10.9 Å². The number of anilines is 3. The van der Waals surface area contributed by atoms with Crippen LogP contribution < -0.4 is 16.4 Å². The maximum Gasteiger partial charge on any atom is 0.225 e. The Labute approximate surface area is 157 Å². The van der Waals surface area contributed by atoms with Crippen molar-refractivity contribution in [3.05, 3.63) is 41.0 Å². The minimum absolute atomic E-state index is 0.0837. The summed E-state index contributed by atoms with van der Waals surface area (Å²) in [6.07, 6.45) is 0. The van der Waals surface area contributed by atoms with Gasteiger partial charge < -0.3 is 16.4 Å². The zero-order chi connectivity index (χ0) is 19.7. The van der Waals surface area contributed by atoms with Gasteiger partial charge in [-0.05, 0) is 39.0 Å². The van der Waals surface area contributed by atoms with E-state index < -0.39 is 0 Å². The quantitative estimate of drug-likeness (QED) is 0.712. The van der Waals surface area contributed by atoms with Crippen molar-refractivity contribution < 1.29 is 4.39 Å². The number of nitrogens with zero attached hydrogens (tertiary/aromatic N) is 5. The van der Waals surface area contributed by atoms with Crippen LogP contribution in [0.4, 0.5) is 22.1 Å². The fourth-order valence-corrected chi connectivity index (χ4v) is 3.22. The molecule has 1 unspecified atom stereocenters. The molecule has 0 bridgehead atoms. The van der Waals surface area contributed by atoms with E-state index in [-0.39, 0.29) is 23.6 Å². The Balaban J connectivity index is 2.25. The minimum atomic E-state index is -0.265. The summed E-state index contributed by atoms with van der Waals surface area (Å²) in [6, 6.07) is 5.22. The van der Waals surface area contributed by atoms with Crippen molar-refractivity contribution in [2.24, 2.45) is 0 Å². The predicted molar refractivity (Wildman–Crippen MR) is 106 cm³/mol. The van der Waals surface area contributed by atoms with Gasteiger partial charge in [-0.25, -0.2) is 9.37 Å². The molecule has 0 spiro atoms. The van der Waals surface area contributed by atoms with Gasteiger partial charge in [0.25, 0.3) is 0 Å². The van der Waals surface area contributed by atoms with Crippen LogP contribution >= 0.6 is 0 Å².